The van der Waals surface area contributed by atoms with Crippen LogP contribution in [0.15, 0.2) is 46.6 Å². The predicted molar refractivity (Wildman–Crippen MR) is 85.7 cm³/mol. The molecule has 0 aromatic carbocycles. The fourth-order valence-corrected chi connectivity index (χ4v) is 2.69. The maximum absolute atomic E-state index is 11.5. The number of hydrogen-bond donors (Lipinski definition) is 0. The van der Waals surface area contributed by atoms with Crippen molar-refractivity contribution in [1.29, 1.82) is 0 Å². The van der Waals surface area contributed by atoms with E-state index in [0.717, 1.165) is 22.3 Å². The van der Waals surface area contributed by atoms with Crippen LogP contribution in [0.25, 0.3) is 0 Å². The Morgan fingerprint density at radius 1 is 0.913 bits per heavy atom. The van der Waals surface area contributed by atoms with Gasteiger partial charge in [0.25, 0.3) is 0 Å². The Labute approximate surface area is 136 Å². The molecule has 0 N–H and O–H groups in total. The lowest BCUT2D eigenvalue weighted by Crippen LogP contribution is -2.07. The Morgan fingerprint density at radius 2 is 1.30 bits per heavy atom. The highest BCUT2D eigenvalue weighted by Crippen LogP contribution is 2.26. The number of carbonyl (C=O) groups is 2. The van der Waals surface area contributed by atoms with Crippen LogP contribution in [0.5, 0.6) is 0 Å². The second-order valence-electron chi connectivity index (χ2n) is 5.47. The van der Waals surface area contributed by atoms with Crippen LogP contribution in [0.4, 0.5) is 0 Å². The van der Waals surface area contributed by atoms with Gasteiger partial charge in [0, 0.05) is 22.3 Å². The van der Waals surface area contributed by atoms with Crippen LogP contribution in [-0.4, -0.2) is 38.4 Å². The van der Waals surface area contributed by atoms with Crippen LogP contribution in [0.1, 0.15) is 26.7 Å². The van der Waals surface area contributed by atoms with Crippen LogP contribution in [0, 0.1) is 0 Å². The van der Waals surface area contributed by atoms with Crippen LogP contribution in [-0.2, 0) is 23.8 Å². The van der Waals surface area contributed by atoms with E-state index in [4.69, 9.17) is 14.2 Å². The Balaban J connectivity index is 1.90. The van der Waals surface area contributed by atoms with Gasteiger partial charge < -0.3 is 14.2 Å². The number of ether oxygens (including phenoxy) is 3. The molecule has 0 aliphatic carbocycles. The zero-order valence-electron chi connectivity index (χ0n) is 13.7. The normalized spacial score (nSPS) is 17.7. The van der Waals surface area contributed by atoms with E-state index in [9.17, 15) is 9.59 Å². The van der Waals surface area contributed by atoms with Gasteiger partial charge in [-0.2, -0.15) is 0 Å². The minimum absolute atomic E-state index is 0.263. The third-order valence-electron chi connectivity index (χ3n) is 4.03. The highest BCUT2D eigenvalue weighted by molar-refractivity contribution is 5.93. The summed E-state index contributed by atoms with van der Waals surface area (Å²) in [5.41, 5.74) is 4.48. The van der Waals surface area contributed by atoms with E-state index in [1.165, 1.54) is 0 Å². The molecule has 0 aromatic rings. The molecule has 5 nitrogen and oxygen atoms in total. The molecule has 5 heteroatoms. The lowest BCUT2D eigenvalue weighted by atomic mass is 10.0. The van der Waals surface area contributed by atoms with Gasteiger partial charge in [0.1, 0.15) is 13.2 Å². The first-order valence-electron chi connectivity index (χ1n) is 7.71. The summed E-state index contributed by atoms with van der Waals surface area (Å²) in [6.07, 6.45) is 1.23. The van der Waals surface area contributed by atoms with Gasteiger partial charge in [-0.1, -0.05) is 27.0 Å². The lowest BCUT2D eigenvalue weighted by molar-refractivity contribution is -0.137. The van der Waals surface area contributed by atoms with Gasteiger partial charge in [0.05, 0.1) is 13.2 Å². The summed E-state index contributed by atoms with van der Waals surface area (Å²) in [6, 6.07) is 0. The van der Waals surface area contributed by atoms with Crippen LogP contribution in [0.2, 0.25) is 0 Å². The summed E-state index contributed by atoms with van der Waals surface area (Å²) in [4.78, 5) is 23.1. The fraction of sp³-hybridized carbons (Fsp3) is 0.444. The predicted octanol–water partition coefficient (Wildman–Crippen LogP) is 2.64. The van der Waals surface area contributed by atoms with Gasteiger partial charge in [-0.25, -0.2) is 9.59 Å². The Kier molecular flexibility index (Phi) is 5.55. The van der Waals surface area contributed by atoms with E-state index in [2.05, 4.69) is 13.2 Å². The van der Waals surface area contributed by atoms with Crippen LogP contribution in [0.3, 0.4) is 0 Å². The van der Waals surface area contributed by atoms with Crippen molar-refractivity contribution in [2.45, 2.75) is 26.7 Å². The number of esters is 2. The smallest absolute Gasteiger partial charge is 0.334 e. The van der Waals surface area contributed by atoms with Crippen molar-refractivity contribution in [3.05, 3.63) is 46.6 Å². The molecule has 0 saturated carbocycles. The maximum Gasteiger partial charge on any atom is 0.334 e. The largest absolute Gasteiger partial charge is 0.457 e. The van der Waals surface area contributed by atoms with E-state index in [1.807, 2.05) is 13.8 Å². The molecule has 2 heterocycles. The van der Waals surface area contributed by atoms with Gasteiger partial charge >= 0.3 is 11.9 Å². The first kappa shape index (κ1) is 17.2. The molecule has 0 atom stereocenters. The number of cyclic esters (lactones) is 2. The summed E-state index contributed by atoms with van der Waals surface area (Å²) in [6.45, 7) is 12.9. The fourth-order valence-electron chi connectivity index (χ4n) is 2.69. The molecular weight excluding hydrogens is 296 g/mol. The number of carbonyl (C=O) groups excluding carboxylic acids is 2. The second kappa shape index (κ2) is 7.42. The summed E-state index contributed by atoms with van der Waals surface area (Å²) < 4.78 is 15.7. The highest BCUT2D eigenvalue weighted by Gasteiger charge is 2.26. The minimum Gasteiger partial charge on any atom is -0.457 e. The minimum atomic E-state index is -0.271. The van der Waals surface area contributed by atoms with Gasteiger partial charge in [-0.15, -0.1) is 0 Å². The maximum atomic E-state index is 11.5. The van der Waals surface area contributed by atoms with Crippen molar-refractivity contribution in [2.75, 3.05) is 26.4 Å². The Morgan fingerprint density at radius 3 is 1.65 bits per heavy atom. The monoisotopic (exact) mass is 318 g/mol. The van der Waals surface area contributed by atoms with Gasteiger partial charge in [-0.3, -0.25) is 0 Å². The average molecular weight is 318 g/mol. The topological polar surface area (TPSA) is 61.8 Å². The number of hydrogen-bond acceptors (Lipinski definition) is 5. The first-order valence-corrected chi connectivity index (χ1v) is 7.71. The van der Waals surface area contributed by atoms with E-state index in [-0.39, 0.29) is 38.4 Å². The zero-order valence-corrected chi connectivity index (χ0v) is 13.7. The third kappa shape index (κ3) is 3.62. The van der Waals surface area contributed by atoms with E-state index in [1.54, 1.807) is 0 Å². The van der Waals surface area contributed by atoms with E-state index >= 15 is 0 Å². The molecule has 0 spiro atoms. The average Bonchev–Trinajstić information content (AvgIpc) is 3.09. The SMILES string of the molecule is C=C(COCC(=C)C1=C(CC)C(=O)OC1)C1=C(CC)C(=O)OC1. The standard InChI is InChI=1S/C18H22O5/c1-5-13-15(9-22-17(13)19)11(3)7-21-8-12(4)16-10-23-18(20)14(16)6-2/h3-10H2,1-2H3. The quantitative estimate of drug-likeness (QED) is 0.644. The Hall–Kier alpha value is -2.14. The van der Waals surface area contributed by atoms with Crippen LogP contribution < -0.4 is 0 Å². The third-order valence-corrected chi connectivity index (χ3v) is 4.03. The summed E-state index contributed by atoms with van der Waals surface area (Å²) in [5, 5.41) is 0. The van der Waals surface area contributed by atoms with Gasteiger partial charge in [-0.05, 0) is 24.0 Å². The van der Waals surface area contributed by atoms with E-state index in [0.29, 0.717) is 24.0 Å². The lowest BCUT2D eigenvalue weighted by Gasteiger charge is -2.11. The highest BCUT2D eigenvalue weighted by atomic mass is 16.5. The van der Waals surface area contributed by atoms with E-state index < -0.39 is 0 Å². The number of rotatable bonds is 8. The molecule has 0 amide bonds. The summed E-state index contributed by atoms with van der Waals surface area (Å²) in [7, 11) is 0. The summed E-state index contributed by atoms with van der Waals surface area (Å²) >= 11 is 0. The van der Waals surface area contributed by atoms with Gasteiger partial charge in [0.2, 0.25) is 0 Å². The molecule has 23 heavy (non-hydrogen) atoms. The molecule has 0 unspecified atom stereocenters. The molecule has 124 valence electrons. The molecule has 2 rings (SSSR count). The molecule has 0 bridgehead atoms. The molecule has 0 fully saturated rings. The molecular formula is C18H22O5. The molecule has 0 saturated heterocycles. The van der Waals surface area contributed by atoms with Crippen molar-refractivity contribution in [1.82, 2.24) is 0 Å². The molecule has 2 aliphatic heterocycles. The van der Waals surface area contributed by atoms with Crippen molar-refractivity contribution in [3.63, 3.8) is 0 Å². The van der Waals surface area contributed by atoms with Crippen molar-refractivity contribution >= 4 is 11.9 Å². The van der Waals surface area contributed by atoms with Gasteiger partial charge in [0.15, 0.2) is 0 Å². The first-order chi connectivity index (χ1) is 11.0. The zero-order chi connectivity index (χ0) is 17.0. The summed E-state index contributed by atoms with van der Waals surface area (Å²) in [5.74, 6) is -0.542. The van der Waals surface area contributed by atoms with Crippen molar-refractivity contribution < 1.29 is 23.8 Å². The van der Waals surface area contributed by atoms with Crippen molar-refractivity contribution in [3.8, 4) is 0 Å². The Bertz CT molecular complexity index is 567. The second-order valence-corrected chi connectivity index (χ2v) is 5.47. The molecule has 0 aromatic heterocycles. The molecule has 0 radical (unpaired) electrons. The van der Waals surface area contributed by atoms with Crippen LogP contribution >= 0.6 is 0 Å². The van der Waals surface area contributed by atoms with Crippen molar-refractivity contribution in [2.24, 2.45) is 0 Å². The molecule has 2 aliphatic rings.